The van der Waals surface area contributed by atoms with E-state index in [0.29, 0.717) is 24.6 Å². The fraction of sp³-hybridized carbons (Fsp3) is 0.611. The molecule has 0 radical (unpaired) electrons. The van der Waals surface area contributed by atoms with Gasteiger partial charge in [-0.25, -0.2) is 13.1 Å². The monoisotopic (exact) mass is 400 g/mol. The van der Waals surface area contributed by atoms with Crippen LogP contribution in [0.25, 0.3) is 0 Å². The number of hydrogen-bond donors (Lipinski definition) is 1. The number of amides is 1. The van der Waals surface area contributed by atoms with Crippen LogP contribution in [0, 0.1) is 0 Å². The van der Waals surface area contributed by atoms with Crippen molar-refractivity contribution in [2.75, 3.05) is 40.5 Å². The van der Waals surface area contributed by atoms with Crippen LogP contribution in [0.4, 0.5) is 0 Å². The van der Waals surface area contributed by atoms with Crippen LogP contribution < -0.4 is 14.2 Å². The van der Waals surface area contributed by atoms with Crippen LogP contribution in [0.2, 0.25) is 0 Å². The Hall–Kier alpha value is -1.84. The highest BCUT2D eigenvalue weighted by molar-refractivity contribution is 7.89. The summed E-state index contributed by atoms with van der Waals surface area (Å²) < 4.78 is 43.2. The summed E-state index contributed by atoms with van der Waals surface area (Å²) in [5, 5.41) is 0. The molecule has 0 aliphatic carbocycles. The van der Waals surface area contributed by atoms with Crippen LogP contribution in [0.1, 0.15) is 26.2 Å². The lowest BCUT2D eigenvalue weighted by atomic mass is 10.2. The van der Waals surface area contributed by atoms with Gasteiger partial charge in [0.25, 0.3) is 0 Å². The number of carbonyl (C=O) groups excluding carboxylic acids is 1. The standard InChI is InChI=1S/C18H28N2O6S/c1-4-20(13-14-6-5-11-26-14)18(21)9-10-19-27(22,23)15-7-8-16(24-2)17(12-15)25-3/h7-8,12,14,19H,4-6,9-11,13H2,1-3H3. The van der Waals surface area contributed by atoms with Crippen molar-refractivity contribution in [2.45, 2.75) is 37.2 Å². The molecule has 1 aromatic carbocycles. The molecule has 1 fully saturated rings. The first-order valence-corrected chi connectivity index (χ1v) is 10.5. The van der Waals surface area contributed by atoms with Gasteiger partial charge in [0.15, 0.2) is 11.5 Å². The summed E-state index contributed by atoms with van der Waals surface area (Å²) in [6.45, 7) is 3.79. The number of methoxy groups -OCH3 is 2. The van der Waals surface area contributed by atoms with Gasteiger partial charge in [0.05, 0.1) is 25.2 Å². The number of carbonyl (C=O) groups is 1. The lowest BCUT2D eigenvalue weighted by Crippen LogP contribution is -2.39. The predicted molar refractivity (Wildman–Crippen MR) is 101 cm³/mol. The number of rotatable bonds is 10. The molecule has 1 heterocycles. The molecule has 0 saturated carbocycles. The van der Waals surface area contributed by atoms with Crippen LogP contribution in [0.15, 0.2) is 23.1 Å². The summed E-state index contributed by atoms with van der Waals surface area (Å²) >= 11 is 0. The van der Waals surface area contributed by atoms with E-state index in [2.05, 4.69) is 4.72 Å². The number of nitrogens with one attached hydrogen (secondary N) is 1. The van der Waals surface area contributed by atoms with Crippen LogP contribution in [-0.2, 0) is 19.6 Å². The van der Waals surface area contributed by atoms with E-state index in [-0.39, 0.29) is 29.9 Å². The zero-order chi connectivity index (χ0) is 19.9. The number of sulfonamides is 1. The highest BCUT2D eigenvalue weighted by Crippen LogP contribution is 2.29. The average Bonchev–Trinajstić information content (AvgIpc) is 3.18. The zero-order valence-corrected chi connectivity index (χ0v) is 16.9. The van der Waals surface area contributed by atoms with E-state index in [9.17, 15) is 13.2 Å². The van der Waals surface area contributed by atoms with Crippen LogP contribution in [0.3, 0.4) is 0 Å². The summed E-state index contributed by atoms with van der Waals surface area (Å²) in [7, 11) is -0.833. The van der Waals surface area contributed by atoms with Crippen LogP contribution in [-0.4, -0.2) is 65.8 Å². The highest BCUT2D eigenvalue weighted by atomic mass is 32.2. The van der Waals surface area contributed by atoms with Crippen LogP contribution in [0.5, 0.6) is 11.5 Å². The molecule has 1 saturated heterocycles. The lowest BCUT2D eigenvalue weighted by molar-refractivity contribution is -0.132. The van der Waals surface area contributed by atoms with Crippen molar-refractivity contribution in [1.82, 2.24) is 9.62 Å². The summed E-state index contributed by atoms with van der Waals surface area (Å²) in [5.41, 5.74) is 0. The van der Waals surface area contributed by atoms with Gasteiger partial charge in [-0.3, -0.25) is 4.79 Å². The first kappa shape index (κ1) is 21.5. The van der Waals surface area contributed by atoms with Gasteiger partial charge in [0.1, 0.15) is 0 Å². The molecule has 1 atom stereocenters. The quantitative estimate of drug-likeness (QED) is 0.638. The molecule has 1 amide bonds. The van der Waals surface area contributed by atoms with Gasteiger partial charge in [0.2, 0.25) is 15.9 Å². The second kappa shape index (κ2) is 9.91. The maximum atomic E-state index is 12.4. The molecule has 27 heavy (non-hydrogen) atoms. The Bertz CT molecular complexity index is 731. The van der Waals surface area contributed by atoms with Crippen molar-refractivity contribution < 1.29 is 27.4 Å². The van der Waals surface area contributed by atoms with Crippen molar-refractivity contribution in [3.05, 3.63) is 18.2 Å². The number of benzene rings is 1. The Balaban J connectivity index is 1.91. The Kier molecular flexibility index (Phi) is 7.88. The number of hydrogen-bond acceptors (Lipinski definition) is 6. The van der Waals surface area contributed by atoms with Crippen LogP contribution >= 0.6 is 0 Å². The van der Waals surface area contributed by atoms with Crippen molar-refractivity contribution in [3.63, 3.8) is 0 Å². The minimum Gasteiger partial charge on any atom is -0.493 e. The summed E-state index contributed by atoms with van der Waals surface area (Å²) in [4.78, 5) is 14.1. The SMILES string of the molecule is CCN(CC1CCCO1)C(=O)CCNS(=O)(=O)c1ccc(OC)c(OC)c1. The number of nitrogens with zero attached hydrogens (tertiary/aromatic N) is 1. The molecular formula is C18H28N2O6S. The second-order valence-corrected chi connectivity index (χ2v) is 8.00. The van der Waals surface area contributed by atoms with E-state index in [1.165, 1.54) is 32.4 Å². The summed E-state index contributed by atoms with van der Waals surface area (Å²) in [6, 6.07) is 4.35. The molecule has 8 nitrogen and oxygen atoms in total. The number of ether oxygens (including phenoxy) is 3. The first-order valence-electron chi connectivity index (χ1n) is 9.02. The van der Waals surface area contributed by atoms with E-state index in [1.54, 1.807) is 4.90 Å². The molecule has 0 spiro atoms. The molecule has 1 aromatic rings. The van der Waals surface area contributed by atoms with Gasteiger partial charge in [0, 0.05) is 38.7 Å². The minimum atomic E-state index is -3.75. The van der Waals surface area contributed by atoms with Crippen molar-refractivity contribution in [1.29, 1.82) is 0 Å². The smallest absolute Gasteiger partial charge is 0.240 e. The normalized spacial score (nSPS) is 16.9. The molecule has 0 aromatic heterocycles. The molecule has 152 valence electrons. The second-order valence-electron chi connectivity index (χ2n) is 6.23. The molecule has 1 aliphatic heterocycles. The zero-order valence-electron chi connectivity index (χ0n) is 16.1. The molecule has 1 N–H and O–H groups in total. The first-order chi connectivity index (χ1) is 12.9. The van der Waals surface area contributed by atoms with Gasteiger partial charge in [-0.05, 0) is 31.9 Å². The van der Waals surface area contributed by atoms with E-state index >= 15 is 0 Å². The maximum absolute atomic E-state index is 12.4. The Labute approximate surface area is 160 Å². The van der Waals surface area contributed by atoms with E-state index in [4.69, 9.17) is 14.2 Å². The Morgan fingerprint density at radius 1 is 1.30 bits per heavy atom. The fourth-order valence-electron chi connectivity index (χ4n) is 2.96. The Morgan fingerprint density at radius 3 is 2.63 bits per heavy atom. The van der Waals surface area contributed by atoms with Crippen molar-refractivity contribution in [3.8, 4) is 11.5 Å². The number of likely N-dealkylation sites (N-methyl/N-ethyl adjacent to an activating group) is 1. The molecule has 1 unspecified atom stereocenters. The fourth-order valence-corrected chi connectivity index (χ4v) is 4.01. The van der Waals surface area contributed by atoms with Gasteiger partial charge < -0.3 is 19.1 Å². The maximum Gasteiger partial charge on any atom is 0.240 e. The molecule has 1 aliphatic rings. The van der Waals surface area contributed by atoms with Gasteiger partial charge in [-0.1, -0.05) is 0 Å². The van der Waals surface area contributed by atoms with E-state index < -0.39 is 10.0 Å². The third-order valence-electron chi connectivity index (χ3n) is 4.48. The van der Waals surface area contributed by atoms with E-state index in [1.807, 2.05) is 6.92 Å². The van der Waals surface area contributed by atoms with Crippen molar-refractivity contribution in [2.24, 2.45) is 0 Å². The third kappa shape index (κ3) is 5.82. The van der Waals surface area contributed by atoms with Gasteiger partial charge in [-0.15, -0.1) is 0 Å². The molecular weight excluding hydrogens is 372 g/mol. The summed E-state index contributed by atoms with van der Waals surface area (Å²) in [6.07, 6.45) is 2.14. The molecule has 2 rings (SSSR count). The van der Waals surface area contributed by atoms with Gasteiger partial charge >= 0.3 is 0 Å². The average molecular weight is 400 g/mol. The van der Waals surface area contributed by atoms with Crippen molar-refractivity contribution >= 4 is 15.9 Å². The minimum absolute atomic E-state index is 0.0253. The third-order valence-corrected chi connectivity index (χ3v) is 5.94. The predicted octanol–water partition coefficient (Wildman–Crippen LogP) is 1.40. The lowest BCUT2D eigenvalue weighted by Gasteiger charge is -2.24. The summed E-state index contributed by atoms with van der Waals surface area (Å²) in [5.74, 6) is 0.674. The molecule has 0 bridgehead atoms. The topological polar surface area (TPSA) is 94.2 Å². The highest BCUT2D eigenvalue weighted by Gasteiger charge is 2.22. The van der Waals surface area contributed by atoms with E-state index in [0.717, 1.165) is 19.4 Å². The molecule has 9 heteroatoms. The largest absolute Gasteiger partial charge is 0.493 e. The van der Waals surface area contributed by atoms with Gasteiger partial charge in [-0.2, -0.15) is 0 Å². The Morgan fingerprint density at radius 2 is 2.04 bits per heavy atom.